The van der Waals surface area contributed by atoms with E-state index in [1.54, 1.807) is 18.0 Å². The molecule has 32 heavy (non-hydrogen) atoms. The number of rotatable bonds is 6. The zero-order valence-electron chi connectivity index (χ0n) is 17.0. The number of hydrogen-bond acceptors (Lipinski definition) is 9. The van der Waals surface area contributed by atoms with Crippen LogP contribution in [0, 0.1) is 5.92 Å². The predicted octanol–water partition coefficient (Wildman–Crippen LogP) is 3.63. The SMILES string of the molecule is CNc1nc(-c2sc(CO)nc2CO)cs1.O=CC1CN(c2ccccc2C(F)(F)F)C1. The molecular weight excluding hydrogens is 465 g/mol. The normalized spacial score (nSPS) is 13.9. The maximum atomic E-state index is 12.7. The van der Waals surface area contributed by atoms with Crippen molar-refractivity contribution < 1.29 is 28.2 Å². The first-order chi connectivity index (χ1) is 15.3. The first-order valence-corrected chi connectivity index (χ1v) is 11.2. The van der Waals surface area contributed by atoms with Crippen LogP contribution in [0.1, 0.15) is 16.3 Å². The van der Waals surface area contributed by atoms with Crippen LogP contribution < -0.4 is 10.2 Å². The average Bonchev–Trinajstić information content (AvgIpc) is 3.39. The Morgan fingerprint density at radius 1 is 1.22 bits per heavy atom. The summed E-state index contributed by atoms with van der Waals surface area (Å²) in [7, 11) is 1.81. The van der Waals surface area contributed by atoms with Crippen LogP contribution in [0.15, 0.2) is 29.6 Å². The van der Waals surface area contributed by atoms with Gasteiger partial charge in [-0.15, -0.1) is 22.7 Å². The number of para-hydroxylation sites is 1. The molecule has 12 heteroatoms. The Morgan fingerprint density at radius 2 is 1.94 bits per heavy atom. The third kappa shape index (κ3) is 5.44. The molecule has 0 aliphatic carbocycles. The van der Waals surface area contributed by atoms with Crippen LogP contribution in [0.25, 0.3) is 10.6 Å². The van der Waals surface area contributed by atoms with Gasteiger partial charge in [-0.05, 0) is 12.1 Å². The monoisotopic (exact) mass is 486 g/mol. The van der Waals surface area contributed by atoms with E-state index in [9.17, 15) is 23.1 Å². The molecule has 1 aromatic carbocycles. The third-order valence-electron chi connectivity index (χ3n) is 4.63. The van der Waals surface area contributed by atoms with Crippen molar-refractivity contribution in [3.05, 3.63) is 45.9 Å². The molecule has 0 radical (unpaired) electrons. The molecule has 2 aromatic heterocycles. The van der Waals surface area contributed by atoms with Crippen molar-refractivity contribution in [3.63, 3.8) is 0 Å². The fourth-order valence-corrected chi connectivity index (χ4v) is 4.68. The molecule has 3 aromatic rings. The standard InChI is InChI=1S/C11H10F3NO.C9H11N3O2S2/c12-11(13,14)9-3-1-2-4-10(9)15-5-8(6-15)7-16;1-10-9-12-6(4-15-9)8-5(2-13)11-7(3-14)16-8/h1-4,7-8H,5-6H2;4,13-14H,2-3H2,1H3,(H,10,12). The second-order valence-electron chi connectivity index (χ2n) is 6.80. The van der Waals surface area contributed by atoms with E-state index in [0.717, 1.165) is 28.1 Å². The lowest BCUT2D eigenvalue weighted by Gasteiger charge is -2.39. The van der Waals surface area contributed by atoms with Gasteiger partial charge in [-0.3, -0.25) is 0 Å². The topological polar surface area (TPSA) is 98.6 Å². The van der Waals surface area contributed by atoms with Gasteiger partial charge in [0.1, 0.15) is 11.3 Å². The van der Waals surface area contributed by atoms with Gasteiger partial charge in [-0.1, -0.05) is 12.1 Å². The number of aromatic nitrogens is 2. The molecule has 7 nitrogen and oxygen atoms in total. The van der Waals surface area contributed by atoms with Crippen LogP contribution in [0.3, 0.4) is 0 Å². The summed E-state index contributed by atoms with van der Waals surface area (Å²) in [6.07, 6.45) is -3.56. The number of carbonyl (C=O) groups excluding carboxylic acids is 1. The smallest absolute Gasteiger partial charge is 0.390 e. The van der Waals surface area contributed by atoms with E-state index < -0.39 is 11.7 Å². The lowest BCUT2D eigenvalue weighted by atomic mass is 9.99. The minimum atomic E-state index is -4.34. The Morgan fingerprint density at radius 3 is 2.50 bits per heavy atom. The number of halogens is 3. The van der Waals surface area contributed by atoms with Gasteiger partial charge in [-0.2, -0.15) is 13.2 Å². The van der Waals surface area contributed by atoms with Gasteiger partial charge in [0.15, 0.2) is 5.13 Å². The Hall–Kier alpha value is -2.54. The Balaban J connectivity index is 0.000000181. The zero-order chi connectivity index (χ0) is 23.3. The first-order valence-electron chi connectivity index (χ1n) is 9.51. The number of aliphatic hydroxyl groups is 2. The third-order valence-corrected chi connectivity index (χ3v) is 6.59. The lowest BCUT2D eigenvalue weighted by molar-refractivity contribution is -0.137. The fraction of sp³-hybridized carbons (Fsp3) is 0.350. The number of carbonyl (C=O) groups is 1. The number of alkyl halides is 3. The zero-order valence-corrected chi connectivity index (χ0v) is 18.6. The summed E-state index contributed by atoms with van der Waals surface area (Å²) in [6, 6.07) is 5.43. The van der Waals surface area contributed by atoms with Crippen molar-refractivity contribution in [2.24, 2.45) is 5.92 Å². The van der Waals surface area contributed by atoms with Gasteiger partial charge in [0.25, 0.3) is 0 Å². The van der Waals surface area contributed by atoms with Gasteiger partial charge in [0.05, 0.1) is 35.0 Å². The number of thiazole rings is 2. The van der Waals surface area contributed by atoms with E-state index in [1.165, 1.54) is 34.8 Å². The van der Waals surface area contributed by atoms with Crippen molar-refractivity contribution in [1.82, 2.24) is 9.97 Å². The fourth-order valence-electron chi connectivity index (χ4n) is 3.05. The highest BCUT2D eigenvalue weighted by molar-refractivity contribution is 7.16. The lowest BCUT2D eigenvalue weighted by Crippen LogP contribution is -2.48. The van der Waals surface area contributed by atoms with Gasteiger partial charge < -0.3 is 25.2 Å². The molecule has 3 N–H and O–H groups in total. The van der Waals surface area contributed by atoms with Gasteiger partial charge in [0, 0.05) is 37.1 Å². The van der Waals surface area contributed by atoms with Crippen molar-refractivity contribution >= 4 is 39.8 Å². The summed E-state index contributed by atoms with van der Waals surface area (Å²) in [5.74, 6) is -0.138. The quantitative estimate of drug-likeness (QED) is 0.458. The molecule has 1 fully saturated rings. The van der Waals surface area contributed by atoms with Crippen molar-refractivity contribution in [1.29, 1.82) is 0 Å². The van der Waals surface area contributed by atoms with Crippen LogP contribution >= 0.6 is 22.7 Å². The molecule has 1 saturated heterocycles. The number of nitrogens with zero attached hydrogens (tertiary/aromatic N) is 3. The van der Waals surface area contributed by atoms with E-state index in [4.69, 9.17) is 5.11 Å². The molecular formula is C20H21F3N4O3S2. The summed E-state index contributed by atoms with van der Waals surface area (Å²) in [6.45, 7) is 0.492. The number of aliphatic hydroxyl groups excluding tert-OH is 2. The minimum Gasteiger partial charge on any atom is -0.390 e. The highest BCUT2D eigenvalue weighted by atomic mass is 32.1. The summed E-state index contributed by atoms with van der Waals surface area (Å²) in [5.41, 5.74) is 0.880. The Labute approximate surface area is 190 Å². The summed E-state index contributed by atoms with van der Waals surface area (Å²) < 4.78 is 38.0. The molecule has 0 saturated carbocycles. The average molecular weight is 487 g/mol. The number of aldehydes is 1. The summed E-state index contributed by atoms with van der Waals surface area (Å²) in [4.78, 5) is 21.3. The minimum absolute atomic E-state index is 0.110. The van der Waals surface area contributed by atoms with Crippen molar-refractivity contribution in [2.45, 2.75) is 19.4 Å². The highest BCUT2D eigenvalue weighted by Gasteiger charge is 2.37. The maximum Gasteiger partial charge on any atom is 0.418 e. The van der Waals surface area contributed by atoms with E-state index in [-0.39, 0.29) is 24.8 Å². The van der Waals surface area contributed by atoms with E-state index in [0.29, 0.717) is 23.8 Å². The second-order valence-corrected chi connectivity index (χ2v) is 8.75. The molecule has 1 aliphatic rings. The van der Waals surface area contributed by atoms with Crippen LogP contribution in [-0.2, 0) is 24.2 Å². The highest BCUT2D eigenvalue weighted by Crippen LogP contribution is 2.38. The summed E-state index contributed by atoms with van der Waals surface area (Å²) in [5, 5.41) is 24.5. The summed E-state index contributed by atoms with van der Waals surface area (Å²) >= 11 is 2.85. The molecule has 0 spiro atoms. The number of hydrogen-bond donors (Lipinski definition) is 3. The largest absolute Gasteiger partial charge is 0.418 e. The van der Waals surface area contributed by atoms with Crippen LogP contribution in [0.2, 0.25) is 0 Å². The molecule has 1 aliphatic heterocycles. The molecule has 4 rings (SSSR count). The number of anilines is 2. The predicted molar refractivity (Wildman–Crippen MR) is 118 cm³/mol. The first kappa shape index (κ1) is 24.1. The molecule has 0 bridgehead atoms. The Bertz CT molecular complexity index is 1050. The molecule has 172 valence electrons. The number of benzene rings is 1. The number of nitrogens with one attached hydrogen (secondary N) is 1. The maximum absolute atomic E-state index is 12.7. The van der Waals surface area contributed by atoms with Crippen molar-refractivity contribution in [3.8, 4) is 10.6 Å². The van der Waals surface area contributed by atoms with Crippen LogP contribution in [-0.4, -0.2) is 46.6 Å². The molecule has 3 heterocycles. The van der Waals surface area contributed by atoms with E-state index >= 15 is 0 Å². The van der Waals surface area contributed by atoms with E-state index in [2.05, 4.69) is 15.3 Å². The molecule has 0 atom stereocenters. The van der Waals surface area contributed by atoms with Crippen molar-refractivity contribution in [2.75, 3.05) is 30.4 Å². The Kier molecular flexibility index (Phi) is 7.82. The second kappa shape index (κ2) is 10.4. The van der Waals surface area contributed by atoms with E-state index in [1.807, 2.05) is 5.38 Å². The van der Waals surface area contributed by atoms with Gasteiger partial charge in [0.2, 0.25) is 0 Å². The van der Waals surface area contributed by atoms with Crippen LogP contribution in [0.4, 0.5) is 24.0 Å². The van der Waals surface area contributed by atoms with Gasteiger partial charge >= 0.3 is 6.18 Å². The van der Waals surface area contributed by atoms with Gasteiger partial charge in [-0.25, -0.2) is 9.97 Å². The molecule has 0 unspecified atom stereocenters. The molecule has 0 amide bonds. The van der Waals surface area contributed by atoms with Crippen LogP contribution in [0.5, 0.6) is 0 Å².